The largest absolute Gasteiger partial charge is 0.478 e. The molecule has 0 saturated heterocycles. The molecule has 1 aromatic carbocycles. The zero-order valence-corrected chi connectivity index (χ0v) is 9.68. The second kappa shape index (κ2) is 5.79. The highest BCUT2D eigenvalue weighted by molar-refractivity contribution is 5.89. The third-order valence-electron chi connectivity index (χ3n) is 2.07. The van der Waals surface area contributed by atoms with Gasteiger partial charge >= 0.3 is 5.97 Å². The molecule has 0 aliphatic rings. The first-order valence-electron chi connectivity index (χ1n) is 5.17. The summed E-state index contributed by atoms with van der Waals surface area (Å²) in [7, 11) is 0. The molecule has 1 amide bonds. The molecule has 1 rings (SSSR count). The fourth-order valence-corrected chi connectivity index (χ4v) is 1.01. The van der Waals surface area contributed by atoms with E-state index in [9.17, 15) is 9.59 Å². The van der Waals surface area contributed by atoms with Gasteiger partial charge in [0.25, 0.3) is 0 Å². The molecule has 2 N–H and O–H groups in total. The number of carbonyl (C=O) groups is 2. The monoisotopic (exact) mass is 234 g/mol. The van der Waals surface area contributed by atoms with Crippen molar-refractivity contribution in [2.24, 2.45) is 11.0 Å². The van der Waals surface area contributed by atoms with Crippen LogP contribution in [0.15, 0.2) is 29.4 Å². The maximum Gasteiger partial charge on any atom is 0.335 e. The Labute approximate surface area is 99.2 Å². The third-order valence-corrected chi connectivity index (χ3v) is 2.07. The zero-order valence-electron chi connectivity index (χ0n) is 9.68. The van der Waals surface area contributed by atoms with Crippen molar-refractivity contribution < 1.29 is 14.7 Å². The SMILES string of the molecule is CC(C)C(=O)N/N=C\c1ccc(C(=O)O)cc1. The number of carbonyl (C=O) groups excluding carboxylic acids is 1. The Morgan fingerprint density at radius 1 is 1.29 bits per heavy atom. The van der Waals surface area contributed by atoms with Crippen molar-refractivity contribution in [3.63, 3.8) is 0 Å². The van der Waals surface area contributed by atoms with Gasteiger partial charge in [0.2, 0.25) is 5.91 Å². The third kappa shape index (κ3) is 4.06. The highest BCUT2D eigenvalue weighted by Crippen LogP contribution is 2.02. The Bertz CT molecular complexity index is 436. The lowest BCUT2D eigenvalue weighted by Crippen LogP contribution is -2.22. The molecule has 0 aromatic heterocycles. The molecule has 5 nitrogen and oxygen atoms in total. The fraction of sp³-hybridized carbons (Fsp3) is 0.250. The van der Waals surface area contributed by atoms with Crippen LogP contribution in [0.3, 0.4) is 0 Å². The summed E-state index contributed by atoms with van der Waals surface area (Å²) in [5.74, 6) is -1.26. The van der Waals surface area contributed by atoms with Crippen LogP contribution in [-0.2, 0) is 4.79 Å². The summed E-state index contributed by atoms with van der Waals surface area (Å²) >= 11 is 0. The second-order valence-electron chi connectivity index (χ2n) is 3.82. The van der Waals surface area contributed by atoms with E-state index in [1.807, 2.05) is 0 Å². The Kier molecular flexibility index (Phi) is 4.39. The number of amides is 1. The Morgan fingerprint density at radius 2 is 1.88 bits per heavy atom. The van der Waals surface area contributed by atoms with Gasteiger partial charge in [-0.1, -0.05) is 26.0 Å². The van der Waals surface area contributed by atoms with Crippen LogP contribution in [-0.4, -0.2) is 23.2 Å². The quantitative estimate of drug-likeness (QED) is 0.612. The fourth-order valence-electron chi connectivity index (χ4n) is 1.01. The number of carboxylic acid groups (broad SMARTS) is 1. The van der Waals surface area contributed by atoms with Gasteiger partial charge in [-0.3, -0.25) is 4.79 Å². The lowest BCUT2D eigenvalue weighted by Gasteiger charge is -2.01. The molecule has 0 aliphatic heterocycles. The number of rotatable bonds is 4. The standard InChI is InChI=1S/C12H14N2O3/c1-8(2)11(15)14-13-7-9-3-5-10(6-4-9)12(16)17/h3-8H,1-2H3,(H,14,15)(H,16,17)/b13-7-. The molecule has 0 aliphatic carbocycles. The molecule has 0 atom stereocenters. The maximum atomic E-state index is 11.2. The predicted octanol–water partition coefficient (Wildman–Crippen LogP) is 1.49. The van der Waals surface area contributed by atoms with Gasteiger partial charge in [0.15, 0.2) is 0 Å². The van der Waals surface area contributed by atoms with Gasteiger partial charge in [-0.05, 0) is 17.7 Å². The topological polar surface area (TPSA) is 78.8 Å². The molecule has 0 heterocycles. The summed E-state index contributed by atoms with van der Waals surface area (Å²) in [6, 6.07) is 6.20. The Balaban J connectivity index is 2.60. The van der Waals surface area contributed by atoms with E-state index in [4.69, 9.17) is 5.11 Å². The maximum absolute atomic E-state index is 11.2. The van der Waals surface area contributed by atoms with Gasteiger partial charge in [0.05, 0.1) is 11.8 Å². The van der Waals surface area contributed by atoms with Gasteiger partial charge < -0.3 is 5.11 Å². The molecule has 17 heavy (non-hydrogen) atoms. The molecule has 90 valence electrons. The molecule has 0 spiro atoms. The lowest BCUT2D eigenvalue weighted by molar-refractivity contribution is -0.123. The summed E-state index contributed by atoms with van der Waals surface area (Å²) in [5, 5.41) is 12.5. The molecule has 0 radical (unpaired) electrons. The van der Waals surface area contributed by atoms with Crippen molar-refractivity contribution in [3.8, 4) is 0 Å². The van der Waals surface area contributed by atoms with Crippen molar-refractivity contribution in [1.29, 1.82) is 0 Å². The summed E-state index contributed by atoms with van der Waals surface area (Å²) in [5.41, 5.74) is 3.32. The number of aromatic carboxylic acids is 1. The zero-order chi connectivity index (χ0) is 12.8. The van der Waals surface area contributed by atoms with Crippen LogP contribution < -0.4 is 5.43 Å². The average molecular weight is 234 g/mol. The molecule has 0 fully saturated rings. The van der Waals surface area contributed by atoms with Crippen molar-refractivity contribution in [2.45, 2.75) is 13.8 Å². The highest BCUT2D eigenvalue weighted by Gasteiger charge is 2.04. The number of hydrogen-bond donors (Lipinski definition) is 2. The van der Waals surface area contributed by atoms with Crippen molar-refractivity contribution in [3.05, 3.63) is 35.4 Å². The van der Waals surface area contributed by atoms with E-state index in [-0.39, 0.29) is 17.4 Å². The molecular weight excluding hydrogens is 220 g/mol. The van der Waals surface area contributed by atoms with E-state index in [0.717, 1.165) is 5.56 Å². The number of nitrogens with zero attached hydrogens (tertiary/aromatic N) is 1. The van der Waals surface area contributed by atoms with Crippen molar-refractivity contribution in [1.82, 2.24) is 5.43 Å². The lowest BCUT2D eigenvalue weighted by atomic mass is 10.1. The first-order valence-corrected chi connectivity index (χ1v) is 5.17. The summed E-state index contributed by atoms with van der Waals surface area (Å²) in [6.07, 6.45) is 1.46. The van der Waals surface area contributed by atoms with Gasteiger partial charge in [-0.25, -0.2) is 10.2 Å². The van der Waals surface area contributed by atoms with E-state index < -0.39 is 5.97 Å². The number of benzene rings is 1. The van der Waals surface area contributed by atoms with Crippen LogP contribution in [0.4, 0.5) is 0 Å². The van der Waals surface area contributed by atoms with Crippen molar-refractivity contribution >= 4 is 18.1 Å². The molecule has 1 aromatic rings. The van der Waals surface area contributed by atoms with Gasteiger partial charge in [-0.2, -0.15) is 5.10 Å². The minimum atomic E-state index is -0.971. The smallest absolute Gasteiger partial charge is 0.335 e. The van der Waals surface area contributed by atoms with E-state index in [1.54, 1.807) is 26.0 Å². The van der Waals surface area contributed by atoms with Gasteiger partial charge in [-0.15, -0.1) is 0 Å². The molecule has 0 unspecified atom stereocenters. The van der Waals surface area contributed by atoms with E-state index in [2.05, 4.69) is 10.5 Å². The number of hydrogen-bond acceptors (Lipinski definition) is 3. The molecule has 0 bridgehead atoms. The van der Waals surface area contributed by atoms with Gasteiger partial charge in [0, 0.05) is 5.92 Å². The van der Waals surface area contributed by atoms with Crippen LogP contribution in [0.1, 0.15) is 29.8 Å². The highest BCUT2D eigenvalue weighted by atomic mass is 16.4. The minimum Gasteiger partial charge on any atom is -0.478 e. The van der Waals surface area contributed by atoms with Crippen LogP contribution in [0.25, 0.3) is 0 Å². The first-order chi connectivity index (χ1) is 8.00. The molecule has 5 heteroatoms. The second-order valence-corrected chi connectivity index (χ2v) is 3.82. The minimum absolute atomic E-state index is 0.124. The Morgan fingerprint density at radius 3 is 2.35 bits per heavy atom. The number of nitrogens with one attached hydrogen (secondary N) is 1. The van der Waals surface area contributed by atoms with Crippen LogP contribution >= 0.6 is 0 Å². The van der Waals surface area contributed by atoms with E-state index in [0.29, 0.717) is 0 Å². The van der Waals surface area contributed by atoms with E-state index >= 15 is 0 Å². The Hall–Kier alpha value is -2.17. The summed E-state index contributed by atoms with van der Waals surface area (Å²) in [4.78, 5) is 21.8. The average Bonchev–Trinajstić information content (AvgIpc) is 2.29. The molecule has 0 saturated carbocycles. The predicted molar refractivity (Wildman–Crippen MR) is 64.0 cm³/mol. The van der Waals surface area contributed by atoms with Crippen LogP contribution in [0.2, 0.25) is 0 Å². The van der Waals surface area contributed by atoms with Crippen LogP contribution in [0, 0.1) is 5.92 Å². The van der Waals surface area contributed by atoms with Crippen LogP contribution in [0.5, 0.6) is 0 Å². The van der Waals surface area contributed by atoms with E-state index in [1.165, 1.54) is 18.3 Å². The normalized spacial score (nSPS) is 10.8. The summed E-state index contributed by atoms with van der Waals surface area (Å²) in [6.45, 7) is 3.54. The first kappa shape index (κ1) is 12.9. The summed E-state index contributed by atoms with van der Waals surface area (Å²) < 4.78 is 0. The van der Waals surface area contributed by atoms with Gasteiger partial charge in [0.1, 0.15) is 0 Å². The van der Waals surface area contributed by atoms with Crippen molar-refractivity contribution in [2.75, 3.05) is 0 Å². The number of hydrazone groups is 1. The molecular formula is C12H14N2O3. The number of carboxylic acids is 1.